The lowest BCUT2D eigenvalue weighted by Crippen LogP contribution is -2.26. The molecule has 0 radical (unpaired) electrons. The van der Waals surface area contributed by atoms with Crippen LogP contribution in [0.15, 0.2) is 12.3 Å². The zero-order chi connectivity index (χ0) is 13.6. The van der Waals surface area contributed by atoms with Crippen molar-refractivity contribution in [1.29, 1.82) is 0 Å². The molecule has 1 N–H and O–H groups in total. The minimum absolute atomic E-state index is 0.320. The van der Waals surface area contributed by atoms with Crippen molar-refractivity contribution in [3.05, 3.63) is 12.3 Å². The van der Waals surface area contributed by atoms with Gasteiger partial charge in [0.25, 0.3) is 0 Å². The van der Waals surface area contributed by atoms with Gasteiger partial charge < -0.3 is 15.0 Å². The highest BCUT2D eigenvalue weighted by Crippen LogP contribution is 2.18. The van der Waals surface area contributed by atoms with E-state index in [4.69, 9.17) is 4.74 Å². The molecule has 2 aliphatic heterocycles. The van der Waals surface area contributed by atoms with Gasteiger partial charge in [0.15, 0.2) is 0 Å². The zero-order valence-electron chi connectivity index (χ0n) is 12.1. The highest BCUT2D eigenvalue weighted by Gasteiger charge is 2.16. The first-order valence-electron chi connectivity index (χ1n) is 7.85. The first kappa shape index (κ1) is 13.6. The average molecular weight is 276 g/mol. The van der Waals surface area contributed by atoms with Gasteiger partial charge in [-0.25, -0.2) is 4.98 Å². The molecule has 0 bridgehead atoms. The van der Waals surface area contributed by atoms with Crippen LogP contribution in [-0.2, 0) is 4.74 Å². The molecule has 0 aliphatic carbocycles. The maximum atomic E-state index is 5.61. The van der Waals surface area contributed by atoms with E-state index in [0.717, 1.165) is 44.4 Å². The molecule has 20 heavy (non-hydrogen) atoms. The topological polar surface area (TPSA) is 50.3 Å². The maximum absolute atomic E-state index is 5.61. The van der Waals surface area contributed by atoms with Crippen molar-refractivity contribution in [2.24, 2.45) is 0 Å². The Labute approximate surface area is 120 Å². The van der Waals surface area contributed by atoms with Crippen LogP contribution in [0.4, 0.5) is 11.8 Å². The highest BCUT2D eigenvalue weighted by molar-refractivity contribution is 5.42. The lowest BCUT2D eigenvalue weighted by molar-refractivity contribution is 0.120. The van der Waals surface area contributed by atoms with Crippen LogP contribution in [-0.4, -0.2) is 42.3 Å². The van der Waals surface area contributed by atoms with Crippen molar-refractivity contribution < 1.29 is 4.74 Å². The second kappa shape index (κ2) is 6.88. The van der Waals surface area contributed by atoms with E-state index >= 15 is 0 Å². The molecule has 2 aliphatic rings. The second-order valence-electron chi connectivity index (χ2n) is 5.66. The molecule has 0 saturated carbocycles. The molecule has 1 aromatic rings. The summed E-state index contributed by atoms with van der Waals surface area (Å²) in [6, 6.07) is 2.02. The third-order valence-corrected chi connectivity index (χ3v) is 4.08. The number of rotatable bonds is 4. The van der Waals surface area contributed by atoms with Crippen molar-refractivity contribution in [2.75, 3.05) is 36.5 Å². The standard InChI is InChI=1S/C15H24N4O/c1-2-4-10-19(9-3-1)14-7-8-16-15(18-14)17-12-13-6-5-11-20-13/h7-8,13H,1-6,9-12H2,(H,16,17,18). The Morgan fingerprint density at radius 1 is 1.20 bits per heavy atom. The molecule has 0 amide bonds. The van der Waals surface area contributed by atoms with Gasteiger partial charge in [-0.3, -0.25) is 0 Å². The molecule has 5 heteroatoms. The summed E-state index contributed by atoms with van der Waals surface area (Å²) >= 11 is 0. The van der Waals surface area contributed by atoms with Gasteiger partial charge in [0.05, 0.1) is 6.10 Å². The number of nitrogens with one attached hydrogen (secondary N) is 1. The van der Waals surface area contributed by atoms with Crippen molar-refractivity contribution >= 4 is 11.8 Å². The molecule has 3 rings (SSSR count). The normalized spacial score (nSPS) is 23.6. The Morgan fingerprint density at radius 3 is 2.80 bits per heavy atom. The summed E-state index contributed by atoms with van der Waals surface area (Å²) < 4.78 is 5.61. The predicted octanol–water partition coefficient (Wildman–Crippen LogP) is 2.45. The van der Waals surface area contributed by atoms with Gasteiger partial charge in [-0.05, 0) is 31.7 Å². The Bertz CT molecular complexity index is 412. The van der Waals surface area contributed by atoms with E-state index < -0.39 is 0 Å². The Balaban J connectivity index is 1.59. The van der Waals surface area contributed by atoms with Crippen LogP contribution in [0, 0.1) is 0 Å². The molecule has 3 heterocycles. The zero-order valence-corrected chi connectivity index (χ0v) is 12.1. The minimum Gasteiger partial charge on any atom is -0.376 e. The fourth-order valence-corrected chi connectivity index (χ4v) is 2.92. The number of anilines is 2. The summed E-state index contributed by atoms with van der Waals surface area (Å²) in [6.07, 6.45) is 9.69. The minimum atomic E-state index is 0.320. The van der Waals surface area contributed by atoms with E-state index in [1.165, 1.54) is 32.1 Å². The number of ether oxygens (including phenoxy) is 1. The van der Waals surface area contributed by atoms with Crippen molar-refractivity contribution in [2.45, 2.75) is 44.6 Å². The first-order valence-corrected chi connectivity index (χ1v) is 7.85. The first-order chi connectivity index (χ1) is 9.92. The molecule has 2 fully saturated rings. The van der Waals surface area contributed by atoms with Gasteiger partial charge in [0.1, 0.15) is 5.82 Å². The van der Waals surface area contributed by atoms with Crippen molar-refractivity contribution in [1.82, 2.24) is 9.97 Å². The van der Waals surface area contributed by atoms with Crippen molar-refractivity contribution in [3.63, 3.8) is 0 Å². The molecule has 1 aromatic heterocycles. The van der Waals surface area contributed by atoms with Gasteiger partial charge in [-0.2, -0.15) is 4.98 Å². The van der Waals surface area contributed by atoms with E-state index in [9.17, 15) is 0 Å². The van der Waals surface area contributed by atoms with Crippen LogP contribution < -0.4 is 10.2 Å². The quantitative estimate of drug-likeness (QED) is 0.915. The second-order valence-corrected chi connectivity index (χ2v) is 5.66. The lowest BCUT2D eigenvalue weighted by Gasteiger charge is -2.21. The lowest BCUT2D eigenvalue weighted by atomic mass is 10.2. The third kappa shape index (κ3) is 3.60. The van der Waals surface area contributed by atoms with Gasteiger partial charge in [-0.15, -0.1) is 0 Å². The number of nitrogens with zero attached hydrogens (tertiary/aromatic N) is 3. The van der Waals surface area contributed by atoms with E-state index in [0.29, 0.717) is 6.10 Å². The SMILES string of the molecule is c1cc(N2CCCCCC2)nc(NCC2CCCO2)n1. The van der Waals surface area contributed by atoms with Crippen LogP contribution in [0.1, 0.15) is 38.5 Å². The van der Waals surface area contributed by atoms with Crippen LogP contribution in [0.25, 0.3) is 0 Å². The molecule has 5 nitrogen and oxygen atoms in total. The summed E-state index contributed by atoms with van der Waals surface area (Å²) in [7, 11) is 0. The van der Waals surface area contributed by atoms with Crippen LogP contribution in [0.3, 0.4) is 0 Å². The molecule has 110 valence electrons. The van der Waals surface area contributed by atoms with Gasteiger partial charge in [0, 0.05) is 32.4 Å². The predicted molar refractivity (Wildman–Crippen MR) is 80.2 cm³/mol. The van der Waals surface area contributed by atoms with Crippen LogP contribution in [0.2, 0.25) is 0 Å². The van der Waals surface area contributed by atoms with Gasteiger partial charge in [0.2, 0.25) is 5.95 Å². The molecule has 0 spiro atoms. The molecular weight excluding hydrogens is 252 g/mol. The fourth-order valence-electron chi connectivity index (χ4n) is 2.92. The smallest absolute Gasteiger partial charge is 0.224 e. The number of aromatic nitrogens is 2. The fraction of sp³-hybridized carbons (Fsp3) is 0.733. The molecule has 1 atom stereocenters. The highest BCUT2D eigenvalue weighted by atomic mass is 16.5. The van der Waals surface area contributed by atoms with Gasteiger partial charge in [-0.1, -0.05) is 12.8 Å². The Morgan fingerprint density at radius 2 is 2.05 bits per heavy atom. The summed E-state index contributed by atoms with van der Waals surface area (Å²) in [6.45, 7) is 3.93. The van der Waals surface area contributed by atoms with Crippen molar-refractivity contribution in [3.8, 4) is 0 Å². The van der Waals surface area contributed by atoms with E-state index in [1.54, 1.807) is 0 Å². The third-order valence-electron chi connectivity index (χ3n) is 4.08. The van der Waals surface area contributed by atoms with Gasteiger partial charge >= 0.3 is 0 Å². The van der Waals surface area contributed by atoms with E-state index in [2.05, 4.69) is 20.2 Å². The van der Waals surface area contributed by atoms with E-state index in [1.807, 2.05) is 12.3 Å². The Hall–Kier alpha value is -1.36. The molecule has 1 unspecified atom stereocenters. The molecular formula is C15H24N4O. The summed E-state index contributed by atoms with van der Waals surface area (Å²) in [5.74, 6) is 1.78. The Kier molecular flexibility index (Phi) is 4.69. The average Bonchev–Trinajstić information content (AvgIpc) is 2.86. The van der Waals surface area contributed by atoms with Crippen LogP contribution >= 0.6 is 0 Å². The molecule has 0 aromatic carbocycles. The summed E-state index contributed by atoms with van der Waals surface area (Å²) in [5.41, 5.74) is 0. The summed E-state index contributed by atoms with van der Waals surface area (Å²) in [5, 5.41) is 3.31. The largest absolute Gasteiger partial charge is 0.376 e. The number of hydrogen-bond acceptors (Lipinski definition) is 5. The van der Waals surface area contributed by atoms with Crippen LogP contribution in [0.5, 0.6) is 0 Å². The summed E-state index contributed by atoms with van der Waals surface area (Å²) in [4.78, 5) is 11.3. The van der Waals surface area contributed by atoms with E-state index in [-0.39, 0.29) is 0 Å². The molecule has 2 saturated heterocycles. The monoisotopic (exact) mass is 276 g/mol. The maximum Gasteiger partial charge on any atom is 0.224 e. The number of hydrogen-bond donors (Lipinski definition) is 1.